The number of hydrogen-bond donors (Lipinski definition) is 0. The Hall–Kier alpha value is -1.29. The molecule has 0 saturated carbocycles. The van der Waals surface area contributed by atoms with Crippen LogP contribution in [0.1, 0.15) is 20.3 Å². The Labute approximate surface area is 155 Å². The number of benzene rings is 2. The third-order valence-corrected chi connectivity index (χ3v) is 5.14. The van der Waals surface area contributed by atoms with Gasteiger partial charge in [0.1, 0.15) is 12.4 Å². The minimum Gasteiger partial charge on any atom is -0.491 e. The van der Waals surface area contributed by atoms with Gasteiger partial charge in [-0.05, 0) is 30.4 Å². The molecule has 1 fully saturated rings. The lowest BCUT2D eigenvalue weighted by molar-refractivity contribution is 0.0597. The molecule has 136 valence electrons. The van der Waals surface area contributed by atoms with Gasteiger partial charge >= 0.3 is 0 Å². The van der Waals surface area contributed by atoms with Crippen LogP contribution in [0.4, 0.5) is 0 Å². The second kappa shape index (κ2) is 8.88. The summed E-state index contributed by atoms with van der Waals surface area (Å²) < 4.78 is 11.7. The first-order valence-electron chi connectivity index (χ1n) is 9.23. The molecule has 1 saturated heterocycles. The van der Waals surface area contributed by atoms with Gasteiger partial charge in [-0.25, -0.2) is 0 Å². The number of rotatable bonds is 7. The number of halogens is 1. The monoisotopic (exact) mass is 361 g/mol. The van der Waals surface area contributed by atoms with Crippen LogP contribution in [0.5, 0.6) is 5.75 Å². The second-order valence-electron chi connectivity index (χ2n) is 7.26. The van der Waals surface area contributed by atoms with E-state index in [4.69, 9.17) is 21.1 Å². The Kier molecular flexibility index (Phi) is 6.57. The zero-order chi connectivity index (χ0) is 17.6. The molecule has 0 amide bonds. The van der Waals surface area contributed by atoms with Crippen LogP contribution >= 0.6 is 11.6 Å². The number of likely N-dealkylation sites (tertiary alicyclic amines) is 1. The molecular formula is C21H28ClNO2. The van der Waals surface area contributed by atoms with Crippen LogP contribution in [0, 0.1) is 11.8 Å². The Balaban J connectivity index is 1.40. The van der Waals surface area contributed by atoms with Crippen molar-refractivity contribution in [2.75, 3.05) is 39.5 Å². The number of hydrogen-bond acceptors (Lipinski definition) is 3. The molecule has 0 aromatic heterocycles. The fraction of sp³-hybridized carbons (Fsp3) is 0.524. The van der Waals surface area contributed by atoms with Gasteiger partial charge in [0.15, 0.2) is 0 Å². The van der Waals surface area contributed by atoms with E-state index in [-0.39, 0.29) is 0 Å². The fourth-order valence-electron chi connectivity index (χ4n) is 3.84. The average Bonchev–Trinajstić information content (AvgIpc) is 2.59. The SMILES string of the molecule is CC1CC(C)CN(CCOCCOc2ccc(Cl)c3ccccc23)C1. The van der Waals surface area contributed by atoms with Gasteiger partial charge in [-0.1, -0.05) is 49.7 Å². The molecule has 0 aliphatic carbocycles. The molecule has 25 heavy (non-hydrogen) atoms. The molecule has 1 heterocycles. The Bertz CT molecular complexity index is 681. The number of fused-ring (bicyclic) bond motifs is 1. The average molecular weight is 362 g/mol. The van der Waals surface area contributed by atoms with Crippen molar-refractivity contribution in [1.82, 2.24) is 4.90 Å². The predicted octanol–water partition coefficient (Wildman–Crippen LogP) is 4.87. The first-order valence-corrected chi connectivity index (χ1v) is 9.61. The van der Waals surface area contributed by atoms with Gasteiger partial charge in [0.05, 0.1) is 13.2 Å². The van der Waals surface area contributed by atoms with Crippen molar-refractivity contribution < 1.29 is 9.47 Å². The third kappa shape index (κ3) is 5.10. The van der Waals surface area contributed by atoms with E-state index in [0.717, 1.165) is 46.5 Å². The summed E-state index contributed by atoms with van der Waals surface area (Å²) >= 11 is 6.24. The van der Waals surface area contributed by atoms with E-state index >= 15 is 0 Å². The van der Waals surface area contributed by atoms with E-state index in [0.29, 0.717) is 13.2 Å². The highest BCUT2D eigenvalue weighted by Gasteiger charge is 2.21. The summed E-state index contributed by atoms with van der Waals surface area (Å²) in [5, 5.41) is 2.83. The normalized spacial score (nSPS) is 21.6. The predicted molar refractivity (Wildman–Crippen MR) is 105 cm³/mol. The van der Waals surface area contributed by atoms with Gasteiger partial charge in [0, 0.05) is 35.4 Å². The summed E-state index contributed by atoms with van der Waals surface area (Å²) in [7, 11) is 0. The molecule has 2 unspecified atom stereocenters. The van der Waals surface area contributed by atoms with E-state index in [9.17, 15) is 0 Å². The molecule has 0 bridgehead atoms. The molecule has 2 atom stereocenters. The van der Waals surface area contributed by atoms with Crippen molar-refractivity contribution in [1.29, 1.82) is 0 Å². The molecule has 3 nitrogen and oxygen atoms in total. The Morgan fingerprint density at radius 3 is 2.44 bits per heavy atom. The summed E-state index contributed by atoms with van der Waals surface area (Å²) in [5.41, 5.74) is 0. The molecular weight excluding hydrogens is 334 g/mol. The summed E-state index contributed by atoms with van der Waals surface area (Å²) in [6.45, 7) is 10.0. The van der Waals surface area contributed by atoms with Gasteiger partial charge in [-0.3, -0.25) is 0 Å². The maximum Gasteiger partial charge on any atom is 0.127 e. The maximum absolute atomic E-state index is 6.24. The molecule has 2 aromatic rings. The Morgan fingerprint density at radius 1 is 0.960 bits per heavy atom. The van der Waals surface area contributed by atoms with Crippen molar-refractivity contribution in [3.63, 3.8) is 0 Å². The lowest BCUT2D eigenvalue weighted by Crippen LogP contribution is -2.40. The van der Waals surface area contributed by atoms with Gasteiger partial charge < -0.3 is 14.4 Å². The van der Waals surface area contributed by atoms with Crippen LogP contribution in [0.25, 0.3) is 10.8 Å². The Morgan fingerprint density at radius 2 is 1.68 bits per heavy atom. The maximum atomic E-state index is 6.24. The second-order valence-corrected chi connectivity index (χ2v) is 7.66. The zero-order valence-electron chi connectivity index (χ0n) is 15.2. The van der Waals surface area contributed by atoms with Crippen molar-refractivity contribution in [2.24, 2.45) is 11.8 Å². The minimum absolute atomic E-state index is 0.554. The zero-order valence-corrected chi connectivity index (χ0v) is 16.0. The summed E-state index contributed by atoms with van der Waals surface area (Å²) in [5.74, 6) is 2.46. The highest BCUT2D eigenvalue weighted by molar-refractivity contribution is 6.35. The van der Waals surface area contributed by atoms with Gasteiger partial charge in [-0.2, -0.15) is 0 Å². The molecule has 0 spiro atoms. The smallest absolute Gasteiger partial charge is 0.127 e. The van der Waals surface area contributed by atoms with Crippen LogP contribution in [0.15, 0.2) is 36.4 Å². The van der Waals surface area contributed by atoms with E-state index in [1.54, 1.807) is 0 Å². The standard InChI is InChI=1S/C21H28ClNO2/c1-16-13-17(2)15-23(14-16)9-10-24-11-12-25-21-8-7-20(22)18-5-3-4-6-19(18)21/h3-8,16-17H,9-15H2,1-2H3. The van der Waals surface area contributed by atoms with Crippen LogP contribution in [0.3, 0.4) is 0 Å². The number of piperidine rings is 1. The molecule has 0 radical (unpaired) electrons. The molecule has 1 aliphatic heterocycles. The molecule has 2 aromatic carbocycles. The highest BCUT2D eigenvalue weighted by Crippen LogP contribution is 2.31. The van der Waals surface area contributed by atoms with Gasteiger partial charge in [-0.15, -0.1) is 0 Å². The topological polar surface area (TPSA) is 21.7 Å². The van der Waals surface area contributed by atoms with Crippen molar-refractivity contribution in [3.8, 4) is 5.75 Å². The van der Waals surface area contributed by atoms with E-state index in [1.807, 2.05) is 36.4 Å². The molecule has 1 aliphatic rings. The van der Waals surface area contributed by atoms with Crippen LogP contribution in [-0.4, -0.2) is 44.4 Å². The van der Waals surface area contributed by atoms with Gasteiger partial charge in [0.25, 0.3) is 0 Å². The first kappa shape index (κ1) is 18.5. The summed E-state index contributed by atoms with van der Waals surface area (Å²) in [6, 6.07) is 11.9. The van der Waals surface area contributed by atoms with E-state index in [2.05, 4.69) is 18.7 Å². The summed E-state index contributed by atoms with van der Waals surface area (Å²) in [6.07, 6.45) is 1.35. The van der Waals surface area contributed by atoms with Gasteiger partial charge in [0.2, 0.25) is 0 Å². The number of ether oxygens (including phenoxy) is 2. The van der Waals surface area contributed by atoms with Crippen molar-refractivity contribution in [2.45, 2.75) is 20.3 Å². The van der Waals surface area contributed by atoms with E-state index < -0.39 is 0 Å². The number of nitrogens with zero attached hydrogens (tertiary/aromatic N) is 1. The fourth-order valence-corrected chi connectivity index (χ4v) is 4.07. The van der Waals surface area contributed by atoms with Crippen molar-refractivity contribution >= 4 is 22.4 Å². The lowest BCUT2D eigenvalue weighted by atomic mass is 9.92. The van der Waals surface area contributed by atoms with Crippen LogP contribution in [0.2, 0.25) is 5.02 Å². The molecule has 0 N–H and O–H groups in total. The minimum atomic E-state index is 0.554. The lowest BCUT2D eigenvalue weighted by Gasteiger charge is -2.34. The molecule has 3 rings (SSSR count). The van der Waals surface area contributed by atoms with Crippen LogP contribution in [-0.2, 0) is 4.74 Å². The van der Waals surface area contributed by atoms with Crippen LogP contribution < -0.4 is 4.74 Å². The first-order chi connectivity index (χ1) is 12.1. The quantitative estimate of drug-likeness (QED) is 0.657. The highest BCUT2D eigenvalue weighted by atomic mass is 35.5. The largest absolute Gasteiger partial charge is 0.491 e. The molecule has 4 heteroatoms. The summed E-state index contributed by atoms with van der Waals surface area (Å²) in [4.78, 5) is 2.52. The van der Waals surface area contributed by atoms with Crippen molar-refractivity contribution in [3.05, 3.63) is 41.4 Å². The van der Waals surface area contributed by atoms with E-state index in [1.165, 1.54) is 19.5 Å². The third-order valence-electron chi connectivity index (χ3n) is 4.81.